The summed E-state index contributed by atoms with van der Waals surface area (Å²) >= 11 is 1.68. The predicted octanol–water partition coefficient (Wildman–Crippen LogP) is 3.90. The Hall–Kier alpha value is -3.10. The molecule has 5 rings (SSSR count). The molecule has 0 radical (unpaired) electrons. The highest BCUT2D eigenvalue weighted by atomic mass is 32.2. The van der Waals surface area contributed by atoms with Crippen LogP contribution < -0.4 is 5.43 Å². The van der Waals surface area contributed by atoms with Crippen LogP contribution in [0, 0.1) is 6.92 Å². The Morgan fingerprint density at radius 2 is 1.90 bits per heavy atom. The van der Waals surface area contributed by atoms with Crippen molar-refractivity contribution >= 4 is 17.7 Å². The van der Waals surface area contributed by atoms with Gasteiger partial charge in [-0.2, -0.15) is 4.98 Å². The summed E-state index contributed by atoms with van der Waals surface area (Å²) in [5.41, 5.74) is 6.72. The molecule has 7 nitrogen and oxygen atoms in total. The Labute approximate surface area is 185 Å². The number of amides is 1. The van der Waals surface area contributed by atoms with Crippen molar-refractivity contribution in [2.24, 2.45) is 0 Å². The van der Waals surface area contributed by atoms with Crippen molar-refractivity contribution in [2.75, 3.05) is 6.26 Å². The summed E-state index contributed by atoms with van der Waals surface area (Å²) in [7, 11) is 0. The van der Waals surface area contributed by atoms with Gasteiger partial charge in [0.05, 0.1) is 6.04 Å². The van der Waals surface area contributed by atoms with Gasteiger partial charge in [-0.1, -0.05) is 35.0 Å². The quantitative estimate of drug-likeness (QED) is 0.612. The lowest BCUT2D eigenvalue weighted by Crippen LogP contribution is -2.47. The molecule has 1 saturated heterocycles. The number of aryl methyl sites for hydroxylation is 1. The average Bonchev–Trinajstić information content (AvgIpc) is 3.44. The van der Waals surface area contributed by atoms with Crippen LogP contribution in [0.5, 0.6) is 0 Å². The first-order valence-electron chi connectivity index (χ1n) is 10.2. The summed E-state index contributed by atoms with van der Waals surface area (Å²) < 4.78 is 5.42. The predicted molar refractivity (Wildman–Crippen MR) is 119 cm³/mol. The topological polar surface area (TPSA) is 74.5 Å². The average molecular weight is 434 g/mol. The number of carbonyl (C=O) groups is 1. The maximum Gasteiger partial charge on any atom is 0.251 e. The molecule has 1 amide bonds. The van der Waals surface area contributed by atoms with Crippen LogP contribution in [0.1, 0.15) is 29.5 Å². The number of carbonyl (C=O) groups excluding carboxylic acids is 1. The van der Waals surface area contributed by atoms with Gasteiger partial charge in [0.2, 0.25) is 11.7 Å². The van der Waals surface area contributed by atoms with Gasteiger partial charge >= 0.3 is 0 Å². The van der Waals surface area contributed by atoms with Gasteiger partial charge < -0.3 is 14.4 Å². The Balaban J connectivity index is 1.27. The Bertz CT molecular complexity index is 1110. The fraction of sp³-hybridized carbons (Fsp3) is 0.261. The fourth-order valence-electron chi connectivity index (χ4n) is 3.91. The van der Waals surface area contributed by atoms with Gasteiger partial charge in [-0.15, -0.1) is 11.8 Å². The number of benzene rings is 2. The molecule has 2 aliphatic heterocycles. The van der Waals surface area contributed by atoms with E-state index in [2.05, 4.69) is 46.8 Å². The number of hydrazine groups is 1. The Morgan fingerprint density at radius 1 is 1.13 bits per heavy atom. The summed E-state index contributed by atoms with van der Waals surface area (Å²) in [4.78, 5) is 20.4. The number of hydrogen-bond acceptors (Lipinski definition) is 7. The van der Waals surface area contributed by atoms with Crippen LogP contribution in [-0.2, 0) is 11.3 Å². The van der Waals surface area contributed by atoms with Gasteiger partial charge in [-0.05, 0) is 49.4 Å². The first kappa shape index (κ1) is 19.8. The zero-order valence-corrected chi connectivity index (χ0v) is 18.2. The van der Waals surface area contributed by atoms with Crippen molar-refractivity contribution < 1.29 is 9.32 Å². The molecule has 2 aromatic carbocycles. The molecule has 2 atom stereocenters. The molecular weight excluding hydrogens is 410 g/mol. The van der Waals surface area contributed by atoms with Gasteiger partial charge in [0.1, 0.15) is 12.6 Å². The first-order valence-corrected chi connectivity index (χ1v) is 11.4. The summed E-state index contributed by atoms with van der Waals surface area (Å²) in [6, 6.07) is 16.3. The van der Waals surface area contributed by atoms with E-state index in [1.165, 1.54) is 16.0 Å². The second-order valence-corrected chi connectivity index (χ2v) is 8.64. The third kappa shape index (κ3) is 3.96. The van der Waals surface area contributed by atoms with Crippen molar-refractivity contribution in [1.29, 1.82) is 0 Å². The first-order chi connectivity index (χ1) is 15.1. The minimum absolute atomic E-state index is 0.0219. The lowest BCUT2D eigenvalue weighted by atomic mass is 10.00. The maximum atomic E-state index is 13.1. The molecule has 158 valence electrons. The van der Waals surface area contributed by atoms with E-state index in [0.717, 1.165) is 5.56 Å². The van der Waals surface area contributed by atoms with Crippen LogP contribution >= 0.6 is 11.8 Å². The standard InChI is InChI=1S/C23H23N5O2S/c1-15-3-5-16(6-4-15)19-13-20-23(29)27(11-12-28(20)25-19)14-21-24-22(26-30-21)17-7-9-18(31-2)10-8-17/h3-12,19-20,25H,13-14H2,1-2H3. The molecule has 1 aromatic heterocycles. The van der Waals surface area contributed by atoms with Crippen molar-refractivity contribution in [3.05, 3.63) is 77.9 Å². The van der Waals surface area contributed by atoms with E-state index in [1.807, 2.05) is 41.7 Å². The van der Waals surface area contributed by atoms with Gasteiger partial charge in [0.15, 0.2) is 0 Å². The molecule has 0 saturated carbocycles. The molecule has 3 aromatic rings. The van der Waals surface area contributed by atoms with E-state index in [0.29, 0.717) is 18.1 Å². The van der Waals surface area contributed by atoms with Crippen molar-refractivity contribution in [3.8, 4) is 11.4 Å². The van der Waals surface area contributed by atoms with E-state index in [9.17, 15) is 4.79 Å². The smallest absolute Gasteiger partial charge is 0.251 e. The second kappa shape index (κ2) is 8.20. The van der Waals surface area contributed by atoms with Crippen LogP contribution in [0.3, 0.4) is 0 Å². The number of fused-ring (bicyclic) bond motifs is 1. The molecule has 8 heteroatoms. The number of aromatic nitrogens is 2. The minimum Gasteiger partial charge on any atom is -0.337 e. The molecule has 0 spiro atoms. The third-order valence-corrected chi connectivity index (χ3v) is 6.42. The van der Waals surface area contributed by atoms with E-state index in [-0.39, 0.29) is 24.5 Å². The number of nitrogens with one attached hydrogen (secondary N) is 1. The summed E-state index contributed by atoms with van der Waals surface area (Å²) in [6.45, 7) is 2.33. The maximum absolute atomic E-state index is 13.1. The van der Waals surface area contributed by atoms with Crippen molar-refractivity contribution in [2.45, 2.75) is 36.9 Å². The van der Waals surface area contributed by atoms with E-state index >= 15 is 0 Å². The molecule has 3 heterocycles. The number of rotatable bonds is 5. The molecule has 31 heavy (non-hydrogen) atoms. The fourth-order valence-corrected chi connectivity index (χ4v) is 4.31. The van der Waals surface area contributed by atoms with Gasteiger partial charge in [0, 0.05) is 22.9 Å². The van der Waals surface area contributed by atoms with Crippen LogP contribution in [0.2, 0.25) is 0 Å². The van der Waals surface area contributed by atoms with E-state index < -0.39 is 0 Å². The third-order valence-electron chi connectivity index (χ3n) is 5.68. The monoisotopic (exact) mass is 433 g/mol. The van der Waals surface area contributed by atoms with Crippen molar-refractivity contribution in [3.63, 3.8) is 0 Å². The van der Waals surface area contributed by atoms with Gasteiger partial charge in [0.25, 0.3) is 5.91 Å². The van der Waals surface area contributed by atoms with Crippen molar-refractivity contribution in [1.82, 2.24) is 25.5 Å². The summed E-state index contributed by atoms with van der Waals surface area (Å²) in [5.74, 6) is 0.963. The minimum atomic E-state index is -0.252. The highest BCUT2D eigenvalue weighted by Crippen LogP contribution is 2.31. The van der Waals surface area contributed by atoms with Crippen LogP contribution in [0.15, 0.2) is 70.3 Å². The second-order valence-electron chi connectivity index (χ2n) is 7.76. The van der Waals surface area contributed by atoms with E-state index in [1.54, 1.807) is 22.9 Å². The normalized spacial score (nSPS) is 20.4. The largest absolute Gasteiger partial charge is 0.337 e. The van der Waals surface area contributed by atoms with E-state index in [4.69, 9.17) is 4.52 Å². The lowest BCUT2D eigenvalue weighted by molar-refractivity contribution is -0.135. The van der Waals surface area contributed by atoms with Crippen LogP contribution in [0.25, 0.3) is 11.4 Å². The molecular formula is C23H23N5O2S. The van der Waals surface area contributed by atoms with Crippen LogP contribution in [-0.4, -0.2) is 38.3 Å². The highest BCUT2D eigenvalue weighted by Gasteiger charge is 2.40. The summed E-state index contributed by atoms with van der Waals surface area (Å²) in [6.07, 6.45) is 6.41. The molecule has 0 bridgehead atoms. The number of thioether (sulfide) groups is 1. The molecule has 2 unspecified atom stereocenters. The Kier molecular flexibility index (Phi) is 5.25. The highest BCUT2D eigenvalue weighted by molar-refractivity contribution is 7.98. The van der Waals surface area contributed by atoms with Gasteiger partial charge in [-0.25, -0.2) is 5.43 Å². The molecule has 2 aliphatic rings. The van der Waals surface area contributed by atoms with Crippen LogP contribution in [0.4, 0.5) is 0 Å². The Morgan fingerprint density at radius 3 is 2.65 bits per heavy atom. The zero-order chi connectivity index (χ0) is 21.4. The summed E-state index contributed by atoms with van der Waals surface area (Å²) in [5, 5.41) is 5.98. The SMILES string of the molecule is CSc1ccc(-c2noc(CN3C=CN4NC(c5ccc(C)cc5)CC4C3=O)n2)cc1. The lowest BCUT2D eigenvalue weighted by Gasteiger charge is -2.30. The molecule has 0 aliphatic carbocycles. The zero-order valence-electron chi connectivity index (χ0n) is 17.4. The number of nitrogens with zero attached hydrogens (tertiary/aromatic N) is 4. The molecule has 1 N–H and O–H groups in total. The van der Waals surface area contributed by atoms with Gasteiger partial charge in [-0.3, -0.25) is 4.79 Å². The molecule has 1 fully saturated rings. The number of hydrogen-bond donors (Lipinski definition) is 1.